The van der Waals surface area contributed by atoms with Crippen molar-refractivity contribution in [3.05, 3.63) is 64.8 Å². The third kappa shape index (κ3) is 3.03. The Balaban J connectivity index is 2.04. The molecule has 0 spiro atoms. The maximum atomic E-state index is 12.3. The maximum absolute atomic E-state index is 12.3. The molecule has 1 aromatic heterocycles. The lowest BCUT2D eigenvalue weighted by atomic mass is 10.1. The molecule has 0 aliphatic carbocycles. The summed E-state index contributed by atoms with van der Waals surface area (Å²) in [5, 5.41) is 0.267. The van der Waals surface area contributed by atoms with Gasteiger partial charge in [-0.15, -0.1) is 0 Å². The number of aromatic nitrogens is 1. The van der Waals surface area contributed by atoms with Gasteiger partial charge in [0, 0.05) is 23.0 Å². The predicted molar refractivity (Wildman–Crippen MR) is 93.9 cm³/mol. The van der Waals surface area contributed by atoms with E-state index in [1.807, 2.05) is 29.8 Å². The van der Waals surface area contributed by atoms with Crippen LogP contribution in [-0.2, 0) is 18.4 Å². The van der Waals surface area contributed by atoms with Crippen molar-refractivity contribution in [2.24, 2.45) is 7.05 Å². The van der Waals surface area contributed by atoms with E-state index in [2.05, 4.69) is 0 Å². The zero-order chi connectivity index (χ0) is 17.3. The molecule has 0 aliphatic rings. The summed E-state index contributed by atoms with van der Waals surface area (Å²) in [4.78, 5) is 23.7. The first kappa shape index (κ1) is 16.6. The van der Waals surface area contributed by atoms with Gasteiger partial charge in [0.2, 0.25) is 5.78 Å². The van der Waals surface area contributed by atoms with Gasteiger partial charge in [-0.3, -0.25) is 9.59 Å². The van der Waals surface area contributed by atoms with Gasteiger partial charge in [-0.05, 0) is 41.9 Å². The van der Waals surface area contributed by atoms with Gasteiger partial charge >= 0.3 is 0 Å². The number of ether oxygens (including phenoxy) is 1. The average molecular weight is 362 g/mol. The number of carbonyl (C=O) groups is 2. The fraction of sp³-hybridized carbons (Fsp3) is 0.111. The Labute approximate surface area is 148 Å². The Kier molecular flexibility index (Phi) is 4.60. The summed E-state index contributed by atoms with van der Waals surface area (Å²) in [7, 11) is 1.82. The van der Waals surface area contributed by atoms with Crippen LogP contribution in [0.1, 0.15) is 16.1 Å². The fourth-order valence-electron chi connectivity index (χ4n) is 2.65. The van der Waals surface area contributed by atoms with E-state index in [-0.39, 0.29) is 12.2 Å². The highest BCUT2D eigenvalue weighted by Gasteiger charge is 2.25. The smallest absolute Gasteiger partial charge is 0.293 e. The monoisotopic (exact) mass is 361 g/mol. The van der Waals surface area contributed by atoms with Crippen molar-refractivity contribution in [3.63, 3.8) is 0 Å². The van der Waals surface area contributed by atoms with Crippen LogP contribution in [0.25, 0.3) is 10.9 Å². The number of para-hydroxylation sites is 1. The standard InChI is InChI=1S/C18H13Cl2NO3/c1-21-14-5-3-2-4-13(14)16(17(22)18(20)23)15(21)10-24-12-8-6-11(19)7-9-12/h2-9H,10H2,1H3. The maximum Gasteiger partial charge on any atom is 0.293 e. The summed E-state index contributed by atoms with van der Waals surface area (Å²) in [5.74, 6) is -0.122. The van der Waals surface area contributed by atoms with E-state index in [1.165, 1.54) is 0 Å². The third-order valence-corrected chi connectivity index (χ3v) is 4.25. The summed E-state index contributed by atoms with van der Waals surface area (Å²) in [6.45, 7) is 0.123. The molecule has 122 valence electrons. The van der Waals surface area contributed by atoms with Gasteiger partial charge in [0.1, 0.15) is 12.4 Å². The average Bonchev–Trinajstić information content (AvgIpc) is 2.86. The summed E-state index contributed by atoms with van der Waals surface area (Å²) in [6.07, 6.45) is 0. The lowest BCUT2D eigenvalue weighted by molar-refractivity contribution is -0.108. The molecule has 6 heteroatoms. The van der Waals surface area contributed by atoms with Crippen molar-refractivity contribution in [1.29, 1.82) is 0 Å². The minimum atomic E-state index is -1.01. The Bertz CT molecular complexity index is 929. The molecule has 0 N–H and O–H groups in total. The van der Waals surface area contributed by atoms with E-state index in [4.69, 9.17) is 27.9 Å². The van der Waals surface area contributed by atoms with Gasteiger partial charge in [-0.1, -0.05) is 29.8 Å². The fourth-order valence-corrected chi connectivity index (χ4v) is 2.87. The quantitative estimate of drug-likeness (QED) is 0.385. The molecular formula is C18H13Cl2NO3. The van der Waals surface area contributed by atoms with Crippen molar-refractivity contribution in [2.75, 3.05) is 0 Å². The molecule has 0 unspecified atom stereocenters. The molecule has 4 nitrogen and oxygen atoms in total. The zero-order valence-corrected chi connectivity index (χ0v) is 14.3. The Morgan fingerprint density at radius 2 is 1.75 bits per heavy atom. The Hall–Kier alpha value is -2.30. The van der Waals surface area contributed by atoms with Gasteiger partial charge in [0.15, 0.2) is 0 Å². The first-order valence-corrected chi connectivity index (χ1v) is 7.93. The predicted octanol–water partition coefficient (Wildman–Crippen LogP) is 4.36. The van der Waals surface area contributed by atoms with Gasteiger partial charge in [0.25, 0.3) is 5.24 Å². The first-order chi connectivity index (χ1) is 11.5. The Morgan fingerprint density at radius 3 is 2.42 bits per heavy atom. The second-order valence-corrected chi connectivity index (χ2v) is 6.02. The van der Waals surface area contributed by atoms with Gasteiger partial charge in [-0.25, -0.2) is 0 Å². The number of ketones is 1. The molecule has 1 heterocycles. The van der Waals surface area contributed by atoms with E-state index < -0.39 is 11.0 Å². The molecule has 3 rings (SSSR count). The molecule has 3 aromatic rings. The number of benzene rings is 2. The van der Waals surface area contributed by atoms with Crippen molar-refractivity contribution < 1.29 is 14.3 Å². The minimum absolute atomic E-state index is 0.123. The molecule has 0 fully saturated rings. The summed E-state index contributed by atoms with van der Waals surface area (Å²) >= 11 is 11.3. The summed E-state index contributed by atoms with van der Waals surface area (Å²) in [6, 6.07) is 14.2. The molecule has 0 atom stereocenters. The Morgan fingerprint density at radius 1 is 1.08 bits per heavy atom. The van der Waals surface area contributed by atoms with Crippen LogP contribution in [-0.4, -0.2) is 15.6 Å². The number of aryl methyl sites for hydroxylation is 1. The van der Waals surface area contributed by atoms with Gasteiger partial charge in [-0.2, -0.15) is 0 Å². The van der Waals surface area contributed by atoms with Crippen LogP contribution < -0.4 is 4.74 Å². The number of carbonyl (C=O) groups excluding carboxylic acids is 2. The minimum Gasteiger partial charge on any atom is -0.487 e. The normalized spacial score (nSPS) is 10.8. The highest BCUT2D eigenvalue weighted by molar-refractivity contribution is 6.83. The molecule has 0 radical (unpaired) electrons. The highest BCUT2D eigenvalue weighted by Crippen LogP contribution is 2.28. The number of hydrogen-bond acceptors (Lipinski definition) is 3. The second-order valence-electron chi connectivity index (χ2n) is 5.24. The van der Waals surface area contributed by atoms with Crippen LogP contribution >= 0.6 is 23.2 Å². The number of Topliss-reactive ketones (excluding diaryl/α,β-unsaturated/α-hetero) is 1. The van der Waals surface area contributed by atoms with Crippen LogP contribution in [0.2, 0.25) is 5.02 Å². The van der Waals surface area contributed by atoms with Crippen LogP contribution in [0, 0.1) is 0 Å². The van der Waals surface area contributed by atoms with E-state index in [9.17, 15) is 9.59 Å². The lowest BCUT2D eigenvalue weighted by Gasteiger charge is -2.09. The highest BCUT2D eigenvalue weighted by atomic mass is 35.5. The van der Waals surface area contributed by atoms with Crippen LogP contribution in [0.15, 0.2) is 48.5 Å². The number of nitrogens with zero attached hydrogens (tertiary/aromatic N) is 1. The molecule has 0 saturated carbocycles. The van der Waals surface area contributed by atoms with Crippen LogP contribution in [0.4, 0.5) is 0 Å². The van der Waals surface area contributed by atoms with E-state index in [0.29, 0.717) is 21.9 Å². The van der Waals surface area contributed by atoms with Crippen molar-refractivity contribution >= 4 is 45.1 Å². The number of fused-ring (bicyclic) bond motifs is 1. The van der Waals surface area contributed by atoms with Crippen LogP contribution in [0.3, 0.4) is 0 Å². The van der Waals surface area contributed by atoms with E-state index in [1.54, 1.807) is 30.3 Å². The molecule has 0 aliphatic heterocycles. The summed E-state index contributed by atoms with van der Waals surface area (Å²) < 4.78 is 7.57. The second kappa shape index (κ2) is 6.67. The van der Waals surface area contributed by atoms with E-state index in [0.717, 1.165) is 5.52 Å². The topological polar surface area (TPSA) is 48.3 Å². The number of rotatable bonds is 5. The summed E-state index contributed by atoms with van der Waals surface area (Å²) in [5.41, 5.74) is 1.70. The number of hydrogen-bond donors (Lipinski definition) is 0. The molecule has 0 amide bonds. The zero-order valence-electron chi connectivity index (χ0n) is 12.8. The van der Waals surface area contributed by atoms with Gasteiger partial charge < -0.3 is 9.30 Å². The van der Waals surface area contributed by atoms with Gasteiger partial charge in [0.05, 0.1) is 11.3 Å². The van der Waals surface area contributed by atoms with Crippen molar-refractivity contribution in [3.8, 4) is 5.75 Å². The number of halogens is 2. The van der Waals surface area contributed by atoms with Crippen molar-refractivity contribution in [1.82, 2.24) is 4.57 Å². The SMILES string of the molecule is Cn1c(COc2ccc(Cl)cc2)c(C(=O)C(=O)Cl)c2ccccc21. The first-order valence-electron chi connectivity index (χ1n) is 7.18. The lowest BCUT2D eigenvalue weighted by Crippen LogP contribution is -2.13. The molecule has 24 heavy (non-hydrogen) atoms. The molecular weight excluding hydrogens is 349 g/mol. The van der Waals surface area contributed by atoms with E-state index >= 15 is 0 Å². The largest absolute Gasteiger partial charge is 0.487 e. The molecule has 0 saturated heterocycles. The van der Waals surface area contributed by atoms with Crippen molar-refractivity contribution in [2.45, 2.75) is 6.61 Å². The van der Waals surface area contributed by atoms with Crippen LogP contribution in [0.5, 0.6) is 5.75 Å². The molecule has 2 aromatic carbocycles. The molecule has 0 bridgehead atoms. The third-order valence-electron chi connectivity index (χ3n) is 3.82.